The third-order valence-electron chi connectivity index (χ3n) is 2.57. The van der Waals surface area contributed by atoms with E-state index in [-0.39, 0.29) is 5.56 Å². The van der Waals surface area contributed by atoms with Crippen molar-refractivity contribution in [2.75, 3.05) is 11.1 Å². The molecule has 104 valence electrons. The molecule has 0 aromatic heterocycles. The molecule has 0 fully saturated rings. The van der Waals surface area contributed by atoms with Crippen LogP contribution in [0, 0.1) is 0 Å². The second-order valence-corrected chi connectivity index (χ2v) is 5.71. The predicted octanol–water partition coefficient (Wildman–Crippen LogP) is 4.18. The maximum atomic E-state index is 11.5. The number of hydrogen-bond acceptors (Lipinski definition) is 3. The first kappa shape index (κ1) is 15.0. The highest BCUT2D eigenvalue weighted by Crippen LogP contribution is 2.33. The summed E-state index contributed by atoms with van der Waals surface area (Å²) in [7, 11) is 0. The fourth-order valence-electron chi connectivity index (χ4n) is 1.67. The van der Waals surface area contributed by atoms with Crippen LogP contribution in [0.1, 0.15) is 10.4 Å². The third kappa shape index (κ3) is 3.17. The Labute approximate surface area is 134 Å². The Morgan fingerprint density at radius 3 is 2.45 bits per heavy atom. The number of carbonyl (C=O) groups is 1. The van der Waals surface area contributed by atoms with Crippen molar-refractivity contribution < 1.29 is 4.79 Å². The number of primary amides is 1. The monoisotopic (exact) mass is 373 g/mol. The number of rotatable bonds is 3. The Bertz CT molecular complexity index is 692. The van der Waals surface area contributed by atoms with E-state index in [0.717, 1.165) is 4.47 Å². The number of halogens is 3. The van der Waals surface area contributed by atoms with E-state index in [4.69, 9.17) is 34.7 Å². The van der Waals surface area contributed by atoms with Crippen molar-refractivity contribution in [1.82, 2.24) is 0 Å². The molecular formula is C13H10BrCl2N3O. The number of carbonyl (C=O) groups excluding carboxylic acids is 1. The van der Waals surface area contributed by atoms with Gasteiger partial charge in [0, 0.05) is 15.8 Å². The third-order valence-corrected chi connectivity index (χ3v) is 4.08. The molecule has 0 saturated carbocycles. The molecule has 0 atom stereocenters. The van der Waals surface area contributed by atoms with Gasteiger partial charge in [-0.25, -0.2) is 0 Å². The Morgan fingerprint density at radius 2 is 1.85 bits per heavy atom. The SMILES string of the molecule is NC(=O)c1cc(N)cc(Cl)c1Nc1ccc(Cl)c(Br)c1. The standard InChI is InChI=1S/C13H10BrCl2N3O/c14-9-5-7(1-2-10(9)15)19-12-8(13(18)20)3-6(17)4-11(12)16/h1-5,19H,17H2,(H2,18,20). The first-order chi connectivity index (χ1) is 9.38. The minimum absolute atomic E-state index is 0.223. The summed E-state index contributed by atoms with van der Waals surface area (Å²) in [5, 5.41) is 3.93. The van der Waals surface area contributed by atoms with Crippen LogP contribution in [0.25, 0.3) is 0 Å². The topological polar surface area (TPSA) is 81.1 Å². The summed E-state index contributed by atoms with van der Waals surface area (Å²) in [6.45, 7) is 0. The minimum atomic E-state index is -0.616. The average molecular weight is 375 g/mol. The maximum Gasteiger partial charge on any atom is 0.250 e. The second kappa shape index (κ2) is 5.91. The average Bonchev–Trinajstić information content (AvgIpc) is 2.36. The van der Waals surface area contributed by atoms with Crippen LogP contribution in [-0.4, -0.2) is 5.91 Å². The quantitative estimate of drug-likeness (QED) is 0.705. The van der Waals surface area contributed by atoms with E-state index in [0.29, 0.717) is 27.1 Å². The summed E-state index contributed by atoms with van der Waals surface area (Å²) in [6.07, 6.45) is 0. The molecule has 0 unspecified atom stereocenters. The van der Waals surface area contributed by atoms with Crippen LogP contribution >= 0.6 is 39.1 Å². The van der Waals surface area contributed by atoms with E-state index in [9.17, 15) is 4.79 Å². The molecule has 0 saturated heterocycles. The van der Waals surface area contributed by atoms with Crippen LogP contribution in [0.4, 0.5) is 17.1 Å². The lowest BCUT2D eigenvalue weighted by atomic mass is 10.1. The number of nitrogen functional groups attached to an aromatic ring is 1. The molecular weight excluding hydrogens is 365 g/mol. The van der Waals surface area contributed by atoms with Crippen molar-refractivity contribution in [2.24, 2.45) is 5.73 Å². The molecule has 2 rings (SSSR count). The highest BCUT2D eigenvalue weighted by atomic mass is 79.9. The van der Waals surface area contributed by atoms with Gasteiger partial charge in [-0.3, -0.25) is 4.79 Å². The largest absolute Gasteiger partial charge is 0.399 e. The molecule has 1 amide bonds. The van der Waals surface area contributed by atoms with Gasteiger partial charge in [0.1, 0.15) is 0 Å². The van der Waals surface area contributed by atoms with E-state index >= 15 is 0 Å². The van der Waals surface area contributed by atoms with Crippen molar-refractivity contribution >= 4 is 62.1 Å². The van der Waals surface area contributed by atoms with Gasteiger partial charge in [0.05, 0.1) is 21.3 Å². The molecule has 7 heteroatoms. The van der Waals surface area contributed by atoms with Crippen molar-refractivity contribution in [2.45, 2.75) is 0 Å². The summed E-state index contributed by atoms with van der Waals surface area (Å²) < 4.78 is 0.719. The van der Waals surface area contributed by atoms with Gasteiger partial charge in [-0.05, 0) is 46.3 Å². The molecule has 0 aliphatic rings. The van der Waals surface area contributed by atoms with Gasteiger partial charge in [-0.2, -0.15) is 0 Å². The van der Waals surface area contributed by atoms with E-state index < -0.39 is 5.91 Å². The van der Waals surface area contributed by atoms with E-state index in [1.165, 1.54) is 6.07 Å². The number of benzene rings is 2. The summed E-state index contributed by atoms with van der Waals surface area (Å²) >= 11 is 15.4. The maximum absolute atomic E-state index is 11.5. The molecule has 0 bridgehead atoms. The number of hydrogen-bond donors (Lipinski definition) is 3. The van der Waals surface area contributed by atoms with Gasteiger partial charge < -0.3 is 16.8 Å². The van der Waals surface area contributed by atoms with Crippen LogP contribution in [0.2, 0.25) is 10.0 Å². The molecule has 0 aliphatic heterocycles. The van der Waals surface area contributed by atoms with Crippen LogP contribution in [0.5, 0.6) is 0 Å². The van der Waals surface area contributed by atoms with E-state index in [2.05, 4.69) is 21.2 Å². The Balaban J connectivity index is 2.47. The Kier molecular flexibility index (Phi) is 4.42. The van der Waals surface area contributed by atoms with Gasteiger partial charge >= 0.3 is 0 Å². The molecule has 2 aromatic rings. The van der Waals surface area contributed by atoms with Gasteiger partial charge in [-0.1, -0.05) is 23.2 Å². The van der Waals surface area contributed by atoms with Gasteiger partial charge in [0.15, 0.2) is 0 Å². The molecule has 5 N–H and O–H groups in total. The van der Waals surface area contributed by atoms with E-state index in [1.54, 1.807) is 24.3 Å². The summed E-state index contributed by atoms with van der Waals surface area (Å²) in [5.41, 5.74) is 12.7. The molecule has 0 aliphatic carbocycles. The normalized spacial score (nSPS) is 10.3. The number of amides is 1. The zero-order chi connectivity index (χ0) is 14.9. The van der Waals surface area contributed by atoms with Crippen LogP contribution in [0.3, 0.4) is 0 Å². The van der Waals surface area contributed by atoms with Crippen LogP contribution in [-0.2, 0) is 0 Å². The molecule has 0 radical (unpaired) electrons. The molecule has 20 heavy (non-hydrogen) atoms. The number of anilines is 3. The lowest BCUT2D eigenvalue weighted by molar-refractivity contribution is 0.100. The Hall–Kier alpha value is -1.43. The first-order valence-corrected chi connectivity index (χ1v) is 7.04. The summed E-state index contributed by atoms with van der Waals surface area (Å²) in [6, 6.07) is 8.25. The van der Waals surface area contributed by atoms with Gasteiger partial charge in [0.25, 0.3) is 5.91 Å². The van der Waals surface area contributed by atoms with Crippen LogP contribution in [0.15, 0.2) is 34.8 Å². The smallest absolute Gasteiger partial charge is 0.250 e. The predicted molar refractivity (Wildman–Crippen MR) is 86.8 cm³/mol. The minimum Gasteiger partial charge on any atom is -0.399 e. The van der Waals surface area contributed by atoms with Crippen molar-refractivity contribution in [3.8, 4) is 0 Å². The lowest BCUT2D eigenvalue weighted by Crippen LogP contribution is -2.14. The van der Waals surface area contributed by atoms with Gasteiger partial charge in [-0.15, -0.1) is 0 Å². The van der Waals surface area contributed by atoms with E-state index in [1.807, 2.05) is 0 Å². The van der Waals surface area contributed by atoms with Crippen molar-refractivity contribution in [1.29, 1.82) is 0 Å². The van der Waals surface area contributed by atoms with Crippen molar-refractivity contribution in [3.63, 3.8) is 0 Å². The Morgan fingerprint density at radius 1 is 1.15 bits per heavy atom. The summed E-state index contributed by atoms with van der Waals surface area (Å²) in [5.74, 6) is -0.616. The van der Waals surface area contributed by atoms with Crippen molar-refractivity contribution in [3.05, 3.63) is 50.4 Å². The second-order valence-electron chi connectivity index (χ2n) is 4.04. The molecule has 4 nitrogen and oxygen atoms in total. The fraction of sp³-hybridized carbons (Fsp3) is 0. The number of nitrogens with two attached hydrogens (primary N) is 2. The highest BCUT2D eigenvalue weighted by molar-refractivity contribution is 9.10. The zero-order valence-electron chi connectivity index (χ0n) is 10.1. The highest BCUT2D eigenvalue weighted by Gasteiger charge is 2.14. The van der Waals surface area contributed by atoms with Gasteiger partial charge in [0.2, 0.25) is 0 Å². The number of nitrogens with one attached hydrogen (secondary N) is 1. The first-order valence-electron chi connectivity index (χ1n) is 5.49. The zero-order valence-corrected chi connectivity index (χ0v) is 13.2. The molecule has 0 spiro atoms. The fourth-order valence-corrected chi connectivity index (χ4v) is 2.44. The lowest BCUT2D eigenvalue weighted by Gasteiger charge is -2.13. The summed E-state index contributed by atoms with van der Waals surface area (Å²) in [4.78, 5) is 11.5. The molecule has 2 aromatic carbocycles. The van der Waals surface area contributed by atoms with Crippen LogP contribution < -0.4 is 16.8 Å². The molecule has 0 heterocycles.